The van der Waals surface area contributed by atoms with Crippen LogP contribution in [0.4, 0.5) is 4.39 Å². The Balaban J connectivity index is 1.91. The molecule has 2 aliphatic rings. The SMILES string of the molecule is CO[C@@H]1CCC[C@@]12CCCN(S(=O)(=O)c1ccc(C)cc1F)C2. The minimum atomic E-state index is -3.80. The van der Waals surface area contributed by atoms with E-state index in [0.717, 1.165) is 32.1 Å². The fourth-order valence-electron chi connectivity index (χ4n) is 4.22. The van der Waals surface area contributed by atoms with Gasteiger partial charge in [-0.15, -0.1) is 0 Å². The third-order valence-corrected chi connectivity index (χ3v) is 7.27. The van der Waals surface area contributed by atoms with E-state index in [1.807, 2.05) is 0 Å². The Hall–Kier alpha value is -0.980. The second kappa shape index (κ2) is 6.15. The number of nitrogens with zero attached hydrogens (tertiary/aromatic N) is 1. The van der Waals surface area contributed by atoms with Crippen LogP contribution in [0.3, 0.4) is 0 Å². The maximum Gasteiger partial charge on any atom is 0.246 e. The van der Waals surface area contributed by atoms with Crippen molar-refractivity contribution in [1.29, 1.82) is 0 Å². The molecule has 2 fully saturated rings. The summed E-state index contributed by atoms with van der Waals surface area (Å²) in [5, 5.41) is 0. The number of hydrogen-bond acceptors (Lipinski definition) is 3. The van der Waals surface area contributed by atoms with Crippen LogP contribution in [0, 0.1) is 18.2 Å². The smallest absolute Gasteiger partial charge is 0.246 e. The Morgan fingerprint density at radius 1 is 1.30 bits per heavy atom. The zero-order valence-electron chi connectivity index (χ0n) is 13.7. The fourth-order valence-corrected chi connectivity index (χ4v) is 5.84. The molecule has 1 aromatic rings. The minimum absolute atomic E-state index is 0.100. The Morgan fingerprint density at radius 3 is 2.74 bits per heavy atom. The van der Waals surface area contributed by atoms with Crippen LogP contribution in [-0.2, 0) is 14.8 Å². The highest BCUT2D eigenvalue weighted by Crippen LogP contribution is 2.47. The second-order valence-corrected chi connectivity index (χ2v) is 8.76. The van der Waals surface area contributed by atoms with Crippen molar-refractivity contribution in [1.82, 2.24) is 4.31 Å². The van der Waals surface area contributed by atoms with Crippen LogP contribution in [0.1, 0.15) is 37.7 Å². The highest BCUT2D eigenvalue weighted by molar-refractivity contribution is 7.89. The predicted molar refractivity (Wildman–Crippen MR) is 86.2 cm³/mol. The van der Waals surface area contributed by atoms with Gasteiger partial charge in [-0.3, -0.25) is 0 Å². The molecule has 0 unspecified atom stereocenters. The molecule has 6 heteroatoms. The number of rotatable bonds is 3. The first-order valence-corrected chi connectivity index (χ1v) is 9.62. The summed E-state index contributed by atoms with van der Waals surface area (Å²) in [6.45, 7) is 2.63. The maximum atomic E-state index is 14.2. The molecule has 1 heterocycles. The highest BCUT2D eigenvalue weighted by Gasteiger charge is 2.48. The van der Waals surface area contributed by atoms with Gasteiger partial charge in [0.05, 0.1) is 6.10 Å². The van der Waals surface area contributed by atoms with Crippen molar-refractivity contribution >= 4 is 10.0 Å². The van der Waals surface area contributed by atoms with Crippen LogP contribution < -0.4 is 0 Å². The van der Waals surface area contributed by atoms with E-state index in [1.54, 1.807) is 20.1 Å². The molecule has 0 bridgehead atoms. The second-order valence-electron chi connectivity index (χ2n) is 6.85. The van der Waals surface area contributed by atoms with E-state index in [2.05, 4.69) is 0 Å². The van der Waals surface area contributed by atoms with Crippen LogP contribution in [0.15, 0.2) is 23.1 Å². The van der Waals surface area contributed by atoms with Gasteiger partial charge in [0, 0.05) is 25.6 Å². The molecule has 1 spiro atoms. The standard InChI is InChI=1S/C17H24FNO3S/c1-13-6-7-15(14(18)11-13)23(20,21)19-10-4-9-17(12-19)8-3-5-16(17)22-2/h6-7,11,16H,3-5,8-10,12H2,1-2H3/t16-,17+/m1/s1. The first kappa shape index (κ1) is 16.9. The molecule has 1 aromatic carbocycles. The summed E-state index contributed by atoms with van der Waals surface area (Å²) >= 11 is 0. The predicted octanol–water partition coefficient (Wildman–Crippen LogP) is 3.10. The third-order valence-electron chi connectivity index (χ3n) is 5.39. The number of ether oxygens (including phenoxy) is 1. The third kappa shape index (κ3) is 2.92. The van der Waals surface area contributed by atoms with Crippen molar-refractivity contribution in [3.8, 4) is 0 Å². The number of piperidine rings is 1. The molecule has 0 aromatic heterocycles. The van der Waals surface area contributed by atoms with Crippen LogP contribution in [-0.4, -0.2) is 39.0 Å². The number of hydrogen-bond donors (Lipinski definition) is 0. The van der Waals surface area contributed by atoms with E-state index >= 15 is 0 Å². The normalized spacial score (nSPS) is 29.3. The minimum Gasteiger partial charge on any atom is -0.381 e. The molecule has 1 aliphatic heterocycles. The van der Waals surface area contributed by atoms with Gasteiger partial charge in [0.25, 0.3) is 0 Å². The van der Waals surface area contributed by atoms with E-state index in [9.17, 15) is 12.8 Å². The summed E-state index contributed by atoms with van der Waals surface area (Å²) in [6, 6.07) is 4.30. The quantitative estimate of drug-likeness (QED) is 0.849. The summed E-state index contributed by atoms with van der Waals surface area (Å²) in [5.74, 6) is -0.667. The van der Waals surface area contributed by atoms with E-state index in [4.69, 9.17) is 4.74 Å². The van der Waals surface area contributed by atoms with E-state index in [-0.39, 0.29) is 16.4 Å². The van der Waals surface area contributed by atoms with Crippen molar-refractivity contribution in [2.75, 3.05) is 20.2 Å². The average molecular weight is 341 g/mol. The van der Waals surface area contributed by atoms with Gasteiger partial charge in [-0.1, -0.05) is 12.5 Å². The van der Waals surface area contributed by atoms with Crippen molar-refractivity contribution in [3.05, 3.63) is 29.6 Å². The van der Waals surface area contributed by atoms with Gasteiger partial charge in [-0.2, -0.15) is 4.31 Å². The van der Waals surface area contributed by atoms with Crippen molar-refractivity contribution in [2.45, 2.75) is 50.0 Å². The number of benzene rings is 1. The van der Waals surface area contributed by atoms with E-state index in [0.29, 0.717) is 18.7 Å². The molecular formula is C17H24FNO3S. The van der Waals surface area contributed by atoms with Crippen LogP contribution >= 0.6 is 0 Å². The lowest BCUT2D eigenvalue weighted by Crippen LogP contribution is -2.49. The van der Waals surface area contributed by atoms with Crippen molar-refractivity contribution in [2.24, 2.45) is 5.41 Å². The summed E-state index contributed by atoms with van der Waals surface area (Å²) in [7, 11) is -2.10. The molecule has 3 rings (SSSR count). The van der Waals surface area contributed by atoms with Crippen molar-refractivity contribution < 1.29 is 17.5 Å². The Bertz CT molecular complexity index is 691. The van der Waals surface area contributed by atoms with Gasteiger partial charge in [0.15, 0.2) is 0 Å². The number of aryl methyl sites for hydroxylation is 1. The van der Waals surface area contributed by atoms with Crippen LogP contribution in [0.25, 0.3) is 0 Å². The first-order valence-electron chi connectivity index (χ1n) is 8.18. The summed E-state index contributed by atoms with van der Waals surface area (Å²) in [6.07, 6.45) is 4.89. The molecule has 4 nitrogen and oxygen atoms in total. The molecule has 0 N–H and O–H groups in total. The summed E-state index contributed by atoms with van der Waals surface area (Å²) in [5.41, 5.74) is 0.605. The number of sulfonamides is 1. The van der Waals surface area contributed by atoms with E-state index in [1.165, 1.54) is 16.4 Å². The van der Waals surface area contributed by atoms with Gasteiger partial charge in [0.2, 0.25) is 10.0 Å². The molecule has 128 valence electrons. The van der Waals surface area contributed by atoms with Gasteiger partial charge in [0.1, 0.15) is 10.7 Å². The van der Waals surface area contributed by atoms with Crippen LogP contribution in [0.5, 0.6) is 0 Å². The summed E-state index contributed by atoms with van der Waals surface area (Å²) < 4.78 is 47.1. The molecule has 0 radical (unpaired) electrons. The van der Waals surface area contributed by atoms with Crippen LogP contribution in [0.2, 0.25) is 0 Å². The Kier molecular flexibility index (Phi) is 4.51. The van der Waals surface area contributed by atoms with Gasteiger partial charge < -0.3 is 4.74 Å². The topological polar surface area (TPSA) is 46.6 Å². The Labute approximate surface area is 137 Å². The van der Waals surface area contributed by atoms with E-state index < -0.39 is 15.8 Å². The first-order chi connectivity index (χ1) is 10.9. The largest absolute Gasteiger partial charge is 0.381 e. The Morgan fingerprint density at radius 2 is 2.04 bits per heavy atom. The molecule has 2 atom stereocenters. The maximum absolute atomic E-state index is 14.2. The molecule has 1 aliphatic carbocycles. The molecule has 23 heavy (non-hydrogen) atoms. The zero-order chi connectivity index (χ0) is 16.7. The monoisotopic (exact) mass is 341 g/mol. The summed E-state index contributed by atoms with van der Waals surface area (Å²) in [4.78, 5) is -0.216. The zero-order valence-corrected chi connectivity index (χ0v) is 14.5. The lowest BCUT2D eigenvalue weighted by Gasteiger charge is -2.43. The molecule has 1 saturated heterocycles. The lowest BCUT2D eigenvalue weighted by molar-refractivity contribution is -0.0185. The highest BCUT2D eigenvalue weighted by atomic mass is 32.2. The van der Waals surface area contributed by atoms with Gasteiger partial charge in [-0.05, 0) is 50.3 Å². The number of methoxy groups -OCH3 is 1. The molecular weight excluding hydrogens is 317 g/mol. The fraction of sp³-hybridized carbons (Fsp3) is 0.647. The lowest BCUT2D eigenvalue weighted by atomic mass is 9.77. The molecule has 0 amide bonds. The van der Waals surface area contributed by atoms with Crippen molar-refractivity contribution in [3.63, 3.8) is 0 Å². The average Bonchev–Trinajstić information content (AvgIpc) is 2.88. The molecule has 1 saturated carbocycles. The van der Waals surface area contributed by atoms with Gasteiger partial charge in [-0.25, -0.2) is 12.8 Å². The van der Waals surface area contributed by atoms with Gasteiger partial charge >= 0.3 is 0 Å². The number of halogens is 1.